The van der Waals surface area contributed by atoms with E-state index in [1.807, 2.05) is 20.8 Å². The minimum absolute atomic E-state index is 0.317. The first-order valence-corrected chi connectivity index (χ1v) is 10.5. The molecule has 0 bridgehead atoms. The molecule has 3 aromatic rings. The predicted molar refractivity (Wildman–Crippen MR) is 126 cm³/mol. The van der Waals surface area contributed by atoms with Crippen LogP contribution in [-0.4, -0.2) is 18.4 Å². The Kier molecular flexibility index (Phi) is 7.21. The van der Waals surface area contributed by atoms with Crippen molar-refractivity contribution in [2.75, 3.05) is 17.2 Å². The number of aryl methyl sites for hydroxylation is 2. The molecule has 7 heteroatoms. The number of halogens is 2. The van der Waals surface area contributed by atoms with Gasteiger partial charge in [0.05, 0.1) is 12.2 Å². The van der Waals surface area contributed by atoms with E-state index in [1.165, 1.54) is 0 Å². The Labute approximate surface area is 191 Å². The van der Waals surface area contributed by atoms with Crippen molar-refractivity contribution in [2.24, 2.45) is 0 Å². The Bertz CT molecular complexity index is 1150. The van der Waals surface area contributed by atoms with E-state index in [0.29, 0.717) is 44.9 Å². The van der Waals surface area contributed by atoms with Gasteiger partial charge in [-0.1, -0.05) is 23.2 Å². The number of nitrogens with one attached hydrogen (secondary N) is 2. The molecule has 0 aliphatic carbocycles. The maximum absolute atomic E-state index is 12.8. The SMILES string of the molecule is CCOc1cc(C(=O)Nc2ccc(Cl)c(C)c2)ccc1C(=O)Nc1ccc(Cl)c(C)c1. The van der Waals surface area contributed by atoms with E-state index >= 15 is 0 Å². The van der Waals surface area contributed by atoms with Gasteiger partial charge in [0.15, 0.2) is 0 Å². The summed E-state index contributed by atoms with van der Waals surface area (Å²) in [6.45, 7) is 5.88. The second-order valence-corrected chi connectivity index (χ2v) is 7.79. The van der Waals surface area contributed by atoms with Gasteiger partial charge in [0.1, 0.15) is 5.75 Å². The molecule has 5 nitrogen and oxygen atoms in total. The lowest BCUT2D eigenvalue weighted by Gasteiger charge is -2.13. The van der Waals surface area contributed by atoms with Crippen LogP contribution in [0.5, 0.6) is 5.75 Å². The molecule has 0 saturated heterocycles. The number of benzene rings is 3. The van der Waals surface area contributed by atoms with Crippen LogP contribution in [0, 0.1) is 13.8 Å². The molecule has 0 saturated carbocycles. The monoisotopic (exact) mass is 456 g/mol. The molecule has 0 aromatic heterocycles. The van der Waals surface area contributed by atoms with Crippen LogP contribution in [0.25, 0.3) is 0 Å². The van der Waals surface area contributed by atoms with E-state index < -0.39 is 0 Å². The van der Waals surface area contributed by atoms with Gasteiger partial charge in [-0.05, 0) is 86.5 Å². The number of carbonyl (C=O) groups excluding carboxylic acids is 2. The van der Waals surface area contributed by atoms with Crippen molar-refractivity contribution in [3.05, 3.63) is 86.9 Å². The van der Waals surface area contributed by atoms with Gasteiger partial charge in [-0.2, -0.15) is 0 Å². The first-order chi connectivity index (χ1) is 14.8. The third kappa shape index (κ3) is 5.57. The van der Waals surface area contributed by atoms with Gasteiger partial charge >= 0.3 is 0 Å². The maximum Gasteiger partial charge on any atom is 0.259 e. The fraction of sp³-hybridized carbons (Fsp3) is 0.167. The highest BCUT2D eigenvalue weighted by atomic mass is 35.5. The standard InChI is InChI=1S/C24H22Cl2N2O3/c1-4-31-22-13-16(23(29)27-17-6-9-20(25)14(2)11-17)5-8-19(22)24(30)28-18-7-10-21(26)15(3)12-18/h5-13H,4H2,1-3H3,(H,27,29)(H,28,30). The zero-order valence-electron chi connectivity index (χ0n) is 17.4. The number of hydrogen-bond donors (Lipinski definition) is 2. The molecule has 160 valence electrons. The first-order valence-electron chi connectivity index (χ1n) is 9.70. The van der Waals surface area contributed by atoms with Crippen LogP contribution in [0.1, 0.15) is 38.8 Å². The zero-order valence-corrected chi connectivity index (χ0v) is 18.9. The topological polar surface area (TPSA) is 67.4 Å². The molecule has 0 fully saturated rings. The Morgan fingerprint density at radius 2 is 1.35 bits per heavy atom. The van der Waals surface area contributed by atoms with Crippen LogP contribution in [0.15, 0.2) is 54.6 Å². The molecule has 0 aliphatic rings. The van der Waals surface area contributed by atoms with Gasteiger partial charge in [0.2, 0.25) is 0 Å². The Hall–Kier alpha value is -3.02. The van der Waals surface area contributed by atoms with E-state index in [9.17, 15) is 9.59 Å². The highest BCUT2D eigenvalue weighted by Gasteiger charge is 2.17. The molecule has 0 aliphatic heterocycles. The molecule has 0 heterocycles. The number of rotatable bonds is 6. The number of carbonyl (C=O) groups is 2. The lowest BCUT2D eigenvalue weighted by atomic mass is 10.1. The van der Waals surface area contributed by atoms with E-state index in [0.717, 1.165) is 11.1 Å². The van der Waals surface area contributed by atoms with Crippen LogP contribution in [0.2, 0.25) is 10.0 Å². The lowest BCUT2D eigenvalue weighted by molar-refractivity contribution is 0.101. The third-order valence-corrected chi connectivity index (χ3v) is 5.47. The summed E-state index contributed by atoms with van der Waals surface area (Å²) in [6.07, 6.45) is 0. The number of hydrogen-bond acceptors (Lipinski definition) is 3. The number of ether oxygens (including phenoxy) is 1. The summed E-state index contributed by atoms with van der Waals surface area (Å²) >= 11 is 12.1. The molecule has 2 N–H and O–H groups in total. The van der Waals surface area contributed by atoms with Gasteiger partial charge in [-0.15, -0.1) is 0 Å². The number of amides is 2. The summed E-state index contributed by atoms with van der Waals surface area (Å²) in [5.41, 5.74) is 3.66. The van der Waals surface area contributed by atoms with Gasteiger partial charge < -0.3 is 15.4 Å². The molecule has 0 atom stereocenters. The highest BCUT2D eigenvalue weighted by molar-refractivity contribution is 6.31. The fourth-order valence-electron chi connectivity index (χ4n) is 2.97. The Balaban J connectivity index is 1.82. The van der Waals surface area contributed by atoms with E-state index in [2.05, 4.69) is 10.6 Å². The maximum atomic E-state index is 12.8. The first kappa shape index (κ1) is 22.7. The molecule has 2 amide bonds. The van der Waals surface area contributed by atoms with Crippen molar-refractivity contribution in [1.82, 2.24) is 0 Å². The normalized spacial score (nSPS) is 10.5. The van der Waals surface area contributed by atoms with E-state index in [-0.39, 0.29) is 11.8 Å². The molecule has 0 unspecified atom stereocenters. The smallest absolute Gasteiger partial charge is 0.259 e. The van der Waals surface area contributed by atoms with Crippen LogP contribution < -0.4 is 15.4 Å². The molecule has 31 heavy (non-hydrogen) atoms. The second kappa shape index (κ2) is 9.86. The second-order valence-electron chi connectivity index (χ2n) is 6.98. The average molecular weight is 457 g/mol. The zero-order chi connectivity index (χ0) is 22.5. The summed E-state index contributed by atoms with van der Waals surface area (Å²) in [6, 6.07) is 15.2. The van der Waals surface area contributed by atoms with Gasteiger partial charge in [0.25, 0.3) is 11.8 Å². The van der Waals surface area contributed by atoms with Gasteiger partial charge in [0, 0.05) is 27.0 Å². The predicted octanol–water partition coefficient (Wildman–Crippen LogP) is 6.51. The van der Waals surface area contributed by atoms with Crippen LogP contribution >= 0.6 is 23.2 Å². The summed E-state index contributed by atoms with van der Waals surface area (Å²) in [5.74, 6) is -0.334. The van der Waals surface area contributed by atoms with Crippen LogP contribution in [0.4, 0.5) is 11.4 Å². The minimum atomic E-state index is -0.342. The van der Waals surface area contributed by atoms with Gasteiger partial charge in [-0.3, -0.25) is 9.59 Å². The Morgan fingerprint density at radius 1 is 0.806 bits per heavy atom. The molecule has 3 rings (SSSR count). The largest absolute Gasteiger partial charge is 0.493 e. The Morgan fingerprint density at radius 3 is 1.87 bits per heavy atom. The molecule has 3 aromatic carbocycles. The third-order valence-electron chi connectivity index (χ3n) is 4.62. The van der Waals surface area contributed by atoms with Crippen molar-refractivity contribution < 1.29 is 14.3 Å². The van der Waals surface area contributed by atoms with Crippen LogP contribution in [-0.2, 0) is 0 Å². The average Bonchev–Trinajstić information content (AvgIpc) is 2.73. The lowest BCUT2D eigenvalue weighted by Crippen LogP contribution is -2.16. The van der Waals surface area contributed by atoms with Crippen molar-refractivity contribution in [1.29, 1.82) is 0 Å². The minimum Gasteiger partial charge on any atom is -0.493 e. The molecular weight excluding hydrogens is 435 g/mol. The quantitative estimate of drug-likeness (QED) is 0.443. The van der Waals surface area contributed by atoms with Crippen molar-refractivity contribution in [3.63, 3.8) is 0 Å². The molecular formula is C24H22Cl2N2O3. The highest BCUT2D eigenvalue weighted by Crippen LogP contribution is 2.25. The fourth-order valence-corrected chi connectivity index (χ4v) is 3.21. The van der Waals surface area contributed by atoms with Crippen molar-refractivity contribution >= 4 is 46.4 Å². The summed E-state index contributed by atoms with van der Waals surface area (Å²) in [5, 5.41) is 6.92. The summed E-state index contributed by atoms with van der Waals surface area (Å²) in [4.78, 5) is 25.5. The van der Waals surface area contributed by atoms with Gasteiger partial charge in [-0.25, -0.2) is 0 Å². The summed E-state index contributed by atoms with van der Waals surface area (Å²) in [7, 11) is 0. The number of anilines is 2. The van der Waals surface area contributed by atoms with E-state index in [1.54, 1.807) is 54.6 Å². The van der Waals surface area contributed by atoms with Crippen molar-refractivity contribution in [3.8, 4) is 5.75 Å². The van der Waals surface area contributed by atoms with Crippen LogP contribution in [0.3, 0.4) is 0 Å². The molecule has 0 radical (unpaired) electrons. The summed E-state index contributed by atoms with van der Waals surface area (Å²) < 4.78 is 5.64. The molecule has 0 spiro atoms. The van der Waals surface area contributed by atoms with E-state index in [4.69, 9.17) is 27.9 Å². The van der Waals surface area contributed by atoms with Crippen molar-refractivity contribution in [2.45, 2.75) is 20.8 Å².